The Morgan fingerprint density at radius 1 is 1.40 bits per heavy atom. The van der Waals surface area contributed by atoms with Crippen molar-refractivity contribution < 1.29 is 14.6 Å². The van der Waals surface area contributed by atoms with Crippen molar-refractivity contribution in [3.05, 3.63) is 23.8 Å². The Morgan fingerprint density at radius 2 is 2.13 bits per heavy atom. The molecule has 0 unspecified atom stereocenters. The third kappa shape index (κ3) is 2.98. The summed E-state index contributed by atoms with van der Waals surface area (Å²) in [5.41, 5.74) is 0.362. The second-order valence-corrected chi connectivity index (χ2v) is 3.30. The van der Waals surface area contributed by atoms with Gasteiger partial charge in [0.25, 0.3) is 0 Å². The molecule has 3 heteroatoms. The lowest BCUT2D eigenvalue weighted by Gasteiger charge is -2.07. The molecule has 0 aliphatic rings. The fraction of sp³-hybridized carbons (Fsp3) is 0.417. The van der Waals surface area contributed by atoms with Gasteiger partial charge in [0.2, 0.25) is 0 Å². The molecule has 0 fully saturated rings. The predicted molar refractivity (Wildman–Crippen MR) is 58.5 cm³/mol. The number of ether oxygens (including phenoxy) is 1. The second-order valence-electron chi connectivity index (χ2n) is 3.30. The minimum absolute atomic E-state index is 0.00421. The van der Waals surface area contributed by atoms with E-state index in [1.54, 1.807) is 19.1 Å². The number of rotatable bonds is 5. The van der Waals surface area contributed by atoms with E-state index in [1.807, 2.05) is 6.92 Å². The highest BCUT2D eigenvalue weighted by Crippen LogP contribution is 2.24. The first-order valence-corrected chi connectivity index (χ1v) is 5.18. The molecule has 0 aliphatic heterocycles. The normalized spacial score (nSPS) is 10.0. The van der Waals surface area contributed by atoms with Crippen molar-refractivity contribution in [2.24, 2.45) is 0 Å². The van der Waals surface area contributed by atoms with Crippen LogP contribution in [-0.4, -0.2) is 17.5 Å². The number of aromatic hydroxyl groups is 1. The molecule has 82 valence electrons. The lowest BCUT2D eigenvalue weighted by molar-refractivity contribution is 0.0985. The quantitative estimate of drug-likeness (QED) is 0.757. The van der Waals surface area contributed by atoms with Crippen LogP contribution in [0.3, 0.4) is 0 Å². The predicted octanol–water partition coefficient (Wildman–Crippen LogP) is 2.77. The van der Waals surface area contributed by atoms with Crippen LogP contribution >= 0.6 is 0 Å². The van der Waals surface area contributed by atoms with Gasteiger partial charge in [-0.15, -0.1) is 0 Å². The van der Waals surface area contributed by atoms with Crippen molar-refractivity contribution in [3.8, 4) is 11.5 Å². The van der Waals surface area contributed by atoms with Crippen LogP contribution in [0.15, 0.2) is 18.2 Å². The van der Waals surface area contributed by atoms with E-state index in [9.17, 15) is 9.90 Å². The molecule has 15 heavy (non-hydrogen) atoms. The fourth-order valence-electron chi connectivity index (χ4n) is 1.25. The van der Waals surface area contributed by atoms with Crippen molar-refractivity contribution in [3.63, 3.8) is 0 Å². The highest BCUT2D eigenvalue weighted by Gasteiger charge is 2.09. The van der Waals surface area contributed by atoms with Gasteiger partial charge in [-0.2, -0.15) is 0 Å². The molecule has 3 nitrogen and oxygen atoms in total. The summed E-state index contributed by atoms with van der Waals surface area (Å²) in [7, 11) is 0. The number of carbonyl (C=O) groups is 1. The van der Waals surface area contributed by atoms with Crippen molar-refractivity contribution in [1.82, 2.24) is 0 Å². The molecule has 0 saturated carbocycles. The number of phenols is 1. The first kappa shape index (κ1) is 11.6. The first-order valence-electron chi connectivity index (χ1n) is 5.18. The maximum atomic E-state index is 11.4. The Morgan fingerprint density at radius 3 is 2.67 bits per heavy atom. The number of benzene rings is 1. The van der Waals surface area contributed by atoms with Crippen LogP contribution in [0.1, 0.15) is 37.0 Å². The Bertz CT molecular complexity index is 345. The number of carbonyl (C=O) groups excluding carboxylic acids is 1. The smallest absolute Gasteiger partial charge is 0.166 e. The van der Waals surface area contributed by atoms with Gasteiger partial charge in [0.1, 0.15) is 11.5 Å². The zero-order chi connectivity index (χ0) is 11.3. The zero-order valence-corrected chi connectivity index (χ0v) is 9.12. The third-order valence-electron chi connectivity index (χ3n) is 2.06. The van der Waals surface area contributed by atoms with E-state index in [0.717, 1.165) is 6.42 Å². The lowest BCUT2D eigenvalue weighted by atomic mass is 10.1. The van der Waals surface area contributed by atoms with E-state index in [0.29, 0.717) is 24.3 Å². The van der Waals surface area contributed by atoms with Crippen molar-refractivity contribution in [2.45, 2.75) is 26.7 Å². The summed E-state index contributed by atoms with van der Waals surface area (Å²) in [6.45, 7) is 4.39. The van der Waals surface area contributed by atoms with Gasteiger partial charge in [-0.25, -0.2) is 0 Å². The Kier molecular flexibility index (Phi) is 4.16. The molecular formula is C12H16O3. The number of Topliss-reactive ketones (excluding diaryl/α,β-unsaturated/α-hetero) is 1. The summed E-state index contributed by atoms with van der Waals surface area (Å²) in [6.07, 6.45) is 1.30. The second kappa shape index (κ2) is 5.39. The van der Waals surface area contributed by atoms with Crippen molar-refractivity contribution >= 4 is 5.78 Å². The zero-order valence-electron chi connectivity index (χ0n) is 9.12. The molecule has 0 bridgehead atoms. The molecule has 0 atom stereocenters. The average molecular weight is 208 g/mol. The number of hydrogen-bond donors (Lipinski definition) is 1. The van der Waals surface area contributed by atoms with Gasteiger partial charge in [0.05, 0.1) is 12.2 Å². The van der Waals surface area contributed by atoms with E-state index in [4.69, 9.17) is 4.74 Å². The topological polar surface area (TPSA) is 46.5 Å². The van der Waals surface area contributed by atoms with Gasteiger partial charge >= 0.3 is 0 Å². The monoisotopic (exact) mass is 208 g/mol. The van der Waals surface area contributed by atoms with Gasteiger partial charge in [0.15, 0.2) is 5.78 Å². The molecule has 1 aromatic rings. The van der Waals surface area contributed by atoms with Gasteiger partial charge in [-0.1, -0.05) is 13.8 Å². The molecule has 0 aromatic heterocycles. The molecule has 1 rings (SSSR count). The minimum atomic E-state index is -0.0606. The molecule has 0 aliphatic carbocycles. The summed E-state index contributed by atoms with van der Waals surface area (Å²) in [5.74, 6) is 0.534. The molecule has 0 heterocycles. The van der Waals surface area contributed by atoms with Gasteiger partial charge in [-0.3, -0.25) is 4.79 Å². The fourth-order valence-corrected chi connectivity index (χ4v) is 1.25. The standard InChI is InChI=1S/C12H16O3/c1-3-7-15-9-5-6-10(11(13)4-2)12(14)8-9/h5-6,8,14H,3-4,7H2,1-2H3. The Hall–Kier alpha value is -1.51. The molecule has 1 N–H and O–H groups in total. The van der Waals surface area contributed by atoms with Gasteiger partial charge in [0, 0.05) is 12.5 Å². The highest BCUT2D eigenvalue weighted by molar-refractivity contribution is 5.98. The summed E-state index contributed by atoms with van der Waals surface area (Å²) >= 11 is 0. The van der Waals surface area contributed by atoms with Crippen LogP contribution < -0.4 is 4.74 Å². The summed E-state index contributed by atoms with van der Waals surface area (Å²) < 4.78 is 5.33. The average Bonchev–Trinajstić information content (AvgIpc) is 2.25. The van der Waals surface area contributed by atoms with E-state index in [2.05, 4.69) is 0 Å². The summed E-state index contributed by atoms with van der Waals surface area (Å²) in [4.78, 5) is 11.4. The van der Waals surface area contributed by atoms with Crippen molar-refractivity contribution in [1.29, 1.82) is 0 Å². The molecule has 0 spiro atoms. The van der Waals surface area contributed by atoms with Crippen LogP contribution in [0.5, 0.6) is 11.5 Å². The summed E-state index contributed by atoms with van der Waals surface area (Å²) in [5, 5.41) is 9.59. The van der Waals surface area contributed by atoms with Crippen molar-refractivity contribution in [2.75, 3.05) is 6.61 Å². The van der Waals surface area contributed by atoms with Gasteiger partial charge < -0.3 is 9.84 Å². The van der Waals surface area contributed by atoms with Gasteiger partial charge in [-0.05, 0) is 18.6 Å². The van der Waals surface area contributed by atoms with Crippen LogP contribution in [-0.2, 0) is 0 Å². The van der Waals surface area contributed by atoms with Crippen LogP contribution in [0, 0.1) is 0 Å². The molecular weight excluding hydrogens is 192 g/mol. The van der Waals surface area contributed by atoms with Crippen LogP contribution in [0.2, 0.25) is 0 Å². The highest BCUT2D eigenvalue weighted by atomic mass is 16.5. The minimum Gasteiger partial charge on any atom is -0.507 e. The largest absolute Gasteiger partial charge is 0.507 e. The first-order chi connectivity index (χ1) is 7.19. The molecule has 0 radical (unpaired) electrons. The molecule has 0 saturated heterocycles. The molecule has 0 amide bonds. The number of ketones is 1. The lowest BCUT2D eigenvalue weighted by Crippen LogP contribution is -1.99. The maximum absolute atomic E-state index is 11.4. The Labute approximate surface area is 89.7 Å². The van der Waals surface area contributed by atoms with E-state index in [1.165, 1.54) is 6.07 Å². The van der Waals surface area contributed by atoms with Crippen LogP contribution in [0.25, 0.3) is 0 Å². The van der Waals surface area contributed by atoms with Crippen LogP contribution in [0.4, 0.5) is 0 Å². The third-order valence-corrected chi connectivity index (χ3v) is 2.06. The maximum Gasteiger partial charge on any atom is 0.166 e. The van der Waals surface area contributed by atoms with E-state index in [-0.39, 0.29) is 11.5 Å². The number of phenolic OH excluding ortho intramolecular Hbond substituents is 1. The van der Waals surface area contributed by atoms with E-state index >= 15 is 0 Å². The number of hydrogen-bond acceptors (Lipinski definition) is 3. The van der Waals surface area contributed by atoms with E-state index < -0.39 is 0 Å². The SMILES string of the molecule is CCCOc1ccc(C(=O)CC)c(O)c1. The molecule has 1 aromatic carbocycles. The summed E-state index contributed by atoms with van der Waals surface area (Å²) in [6, 6.07) is 4.79. The Balaban J connectivity index is 2.83.